The van der Waals surface area contributed by atoms with E-state index in [1.165, 1.54) is 25.7 Å². The summed E-state index contributed by atoms with van der Waals surface area (Å²) in [7, 11) is 0. The third-order valence-corrected chi connectivity index (χ3v) is 3.19. The molecule has 1 saturated carbocycles. The van der Waals surface area contributed by atoms with Crippen LogP contribution < -0.4 is 5.32 Å². The van der Waals surface area contributed by atoms with Gasteiger partial charge in [-0.2, -0.15) is 8.78 Å². The lowest BCUT2D eigenvalue weighted by Gasteiger charge is -2.26. The second-order valence-corrected chi connectivity index (χ2v) is 4.51. The molecule has 1 aliphatic rings. The fourth-order valence-electron chi connectivity index (χ4n) is 2.09. The highest BCUT2D eigenvalue weighted by Gasteiger charge is 2.19. The third kappa shape index (κ3) is 4.58. The summed E-state index contributed by atoms with van der Waals surface area (Å²) in [5.74, 6) is 0.273. The number of halogens is 2. The molecule has 0 unspecified atom stereocenters. The molecule has 0 aromatic carbocycles. The predicted octanol–water partition coefficient (Wildman–Crippen LogP) is 2.58. The molecule has 4 heteroatoms. The molecule has 0 aromatic heterocycles. The van der Waals surface area contributed by atoms with E-state index in [9.17, 15) is 13.6 Å². The van der Waals surface area contributed by atoms with Gasteiger partial charge >= 0.3 is 6.43 Å². The van der Waals surface area contributed by atoms with Crippen molar-refractivity contribution in [3.63, 3.8) is 0 Å². The Hall–Kier alpha value is -0.670. The van der Waals surface area contributed by atoms with E-state index in [4.69, 9.17) is 0 Å². The van der Waals surface area contributed by atoms with E-state index in [0.717, 1.165) is 12.3 Å². The van der Waals surface area contributed by atoms with Crippen LogP contribution in [0.5, 0.6) is 0 Å². The summed E-state index contributed by atoms with van der Waals surface area (Å²) in [6.07, 6.45) is 2.76. The molecule has 1 fully saturated rings. The predicted molar refractivity (Wildman–Crippen MR) is 54.8 cm³/mol. The molecule has 0 aliphatic heterocycles. The largest absolute Gasteiger partial charge is 0.351 e. The number of rotatable bonds is 4. The molecular formula is C11H19F2NO. The van der Waals surface area contributed by atoms with Crippen molar-refractivity contribution in [3.8, 4) is 0 Å². The Bertz CT molecular complexity index is 201. The molecule has 0 spiro atoms. The van der Waals surface area contributed by atoms with Gasteiger partial charge in [-0.25, -0.2) is 0 Å². The minimum Gasteiger partial charge on any atom is -0.351 e. The number of carbonyl (C=O) groups is 1. The minimum absolute atomic E-state index is 0.391. The Kier molecular flexibility index (Phi) is 4.99. The van der Waals surface area contributed by atoms with Crippen molar-refractivity contribution in [1.82, 2.24) is 5.32 Å². The first-order valence-corrected chi connectivity index (χ1v) is 5.65. The van der Waals surface area contributed by atoms with E-state index in [1.807, 2.05) is 0 Å². The van der Waals surface area contributed by atoms with E-state index in [1.54, 1.807) is 0 Å². The Morgan fingerprint density at radius 2 is 1.93 bits per heavy atom. The standard InChI is InChI=1S/C11H19F2NO/c1-8-2-4-9(5-3-8)6-7-14-11(15)10(12)13/h8-10H,2-7H2,1H3,(H,14,15). The summed E-state index contributed by atoms with van der Waals surface area (Å²) in [6.45, 7) is 2.64. The summed E-state index contributed by atoms with van der Waals surface area (Å²) in [5.41, 5.74) is 0. The van der Waals surface area contributed by atoms with Crippen LogP contribution in [0.4, 0.5) is 8.78 Å². The second-order valence-electron chi connectivity index (χ2n) is 4.51. The lowest BCUT2D eigenvalue weighted by molar-refractivity contribution is -0.131. The molecular weight excluding hydrogens is 200 g/mol. The fraction of sp³-hybridized carbons (Fsp3) is 0.909. The number of hydrogen-bond donors (Lipinski definition) is 1. The zero-order valence-electron chi connectivity index (χ0n) is 9.14. The number of amides is 1. The number of hydrogen-bond acceptors (Lipinski definition) is 1. The van der Waals surface area contributed by atoms with E-state index >= 15 is 0 Å². The van der Waals surface area contributed by atoms with Crippen LogP contribution in [0, 0.1) is 11.8 Å². The minimum atomic E-state index is -2.88. The van der Waals surface area contributed by atoms with Crippen molar-refractivity contribution < 1.29 is 13.6 Å². The maximum absolute atomic E-state index is 11.8. The highest BCUT2D eigenvalue weighted by molar-refractivity contribution is 5.78. The Labute approximate surface area is 89.4 Å². The van der Waals surface area contributed by atoms with E-state index < -0.39 is 12.3 Å². The molecule has 1 amide bonds. The van der Waals surface area contributed by atoms with Gasteiger partial charge in [-0.05, 0) is 18.3 Å². The monoisotopic (exact) mass is 219 g/mol. The molecule has 0 atom stereocenters. The lowest BCUT2D eigenvalue weighted by Crippen LogP contribution is -2.31. The third-order valence-electron chi connectivity index (χ3n) is 3.19. The zero-order chi connectivity index (χ0) is 11.3. The SMILES string of the molecule is CC1CCC(CCNC(=O)C(F)F)CC1. The van der Waals surface area contributed by atoms with Gasteiger partial charge in [0.15, 0.2) is 0 Å². The van der Waals surface area contributed by atoms with Gasteiger partial charge in [-0.3, -0.25) is 4.79 Å². The van der Waals surface area contributed by atoms with Gasteiger partial charge in [-0.1, -0.05) is 32.6 Å². The summed E-state index contributed by atoms with van der Waals surface area (Å²) in [6, 6.07) is 0. The van der Waals surface area contributed by atoms with Gasteiger partial charge in [-0.15, -0.1) is 0 Å². The first-order valence-electron chi connectivity index (χ1n) is 5.65. The van der Waals surface area contributed by atoms with Crippen LogP contribution in [0.2, 0.25) is 0 Å². The summed E-state index contributed by atoms with van der Waals surface area (Å²) in [4.78, 5) is 10.6. The molecule has 0 heterocycles. The highest BCUT2D eigenvalue weighted by Crippen LogP contribution is 2.29. The molecule has 0 radical (unpaired) electrons. The molecule has 2 nitrogen and oxygen atoms in total. The van der Waals surface area contributed by atoms with Crippen LogP contribution in [-0.2, 0) is 4.79 Å². The van der Waals surface area contributed by atoms with E-state index in [0.29, 0.717) is 12.5 Å². The van der Waals surface area contributed by atoms with Crippen molar-refractivity contribution in [2.24, 2.45) is 11.8 Å². The van der Waals surface area contributed by atoms with Gasteiger partial charge < -0.3 is 5.32 Å². The summed E-state index contributed by atoms with van der Waals surface area (Å²) < 4.78 is 23.7. The van der Waals surface area contributed by atoms with Crippen molar-refractivity contribution in [2.45, 2.75) is 45.5 Å². The molecule has 1 N–H and O–H groups in total. The van der Waals surface area contributed by atoms with E-state index in [-0.39, 0.29) is 0 Å². The van der Waals surface area contributed by atoms with Gasteiger partial charge in [0.05, 0.1) is 0 Å². The average molecular weight is 219 g/mol. The van der Waals surface area contributed by atoms with Crippen molar-refractivity contribution in [3.05, 3.63) is 0 Å². The number of carbonyl (C=O) groups excluding carboxylic acids is 1. The van der Waals surface area contributed by atoms with Crippen LogP contribution in [0.3, 0.4) is 0 Å². The first-order chi connectivity index (χ1) is 7.09. The van der Waals surface area contributed by atoms with Crippen LogP contribution in [0.1, 0.15) is 39.0 Å². The van der Waals surface area contributed by atoms with Gasteiger partial charge in [0, 0.05) is 6.54 Å². The number of nitrogens with one attached hydrogen (secondary N) is 1. The maximum atomic E-state index is 11.8. The van der Waals surface area contributed by atoms with E-state index in [2.05, 4.69) is 12.2 Å². The molecule has 15 heavy (non-hydrogen) atoms. The molecule has 0 saturated heterocycles. The van der Waals surface area contributed by atoms with Crippen molar-refractivity contribution >= 4 is 5.91 Å². The van der Waals surface area contributed by atoms with Crippen LogP contribution in [-0.4, -0.2) is 18.9 Å². The van der Waals surface area contributed by atoms with Crippen molar-refractivity contribution in [2.75, 3.05) is 6.54 Å². The van der Waals surface area contributed by atoms with Crippen LogP contribution in [0.25, 0.3) is 0 Å². The topological polar surface area (TPSA) is 29.1 Å². The summed E-state index contributed by atoms with van der Waals surface area (Å²) >= 11 is 0. The number of alkyl halides is 2. The molecule has 88 valence electrons. The quantitative estimate of drug-likeness (QED) is 0.773. The van der Waals surface area contributed by atoms with Crippen LogP contribution >= 0.6 is 0 Å². The van der Waals surface area contributed by atoms with Gasteiger partial charge in [0.25, 0.3) is 5.91 Å². The highest BCUT2D eigenvalue weighted by atomic mass is 19.3. The average Bonchev–Trinajstić information content (AvgIpc) is 2.20. The summed E-state index contributed by atoms with van der Waals surface area (Å²) in [5, 5.41) is 2.25. The van der Waals surface area contributed by atoms with Crippen LogP contribution in [0.15, 0.2) is 0 Å². The first kappa shape index (κ1) is 12.4. The molecule has 1 aliphatic carbocycles. The molecule has 0 bridgehead atoms. The normalized spacial score (nSPS) is 26.7. The van der Waals surface area contributed by atoms with Crippen molar-refractivity contribution in [1.29, 1.82) is 0 Å². The Balaban J connectivity index is 2.08. The smallest absolute Gasteiger partial charge is 0.315 e. The van der Waals surface area contributed by atoms with Gasteiger partial charge in [0.1, 0.15) is 0 Å². The fourth-order valence-corrected chi connectivity index (χ4v) is 2.09. The van der Waals surface area contributed by atoms with Gasteiger partial charge in [0.2, 0.25) is 0 Å². The maximum Gasteiger partial charge on any atom is 0.315 e. The molecule has 0 aromatic rings. The second kappa shape index (κ2) is 6.03. The Morgan fingerprint density at radius 3 is 2.47 bits per heavy atom. The molecule has 1 rings (SSSR count). The Morgan fingerprint density at radius 1 is 1.33 bits per heavy atom. The zero-order valence-corrected chi connectivity index (χ0v) is 9.14. The lowest BCUT2D eigenvalue weighted by atomic mass is 9.81.